The third kappa shape index (κ3) is 5.67. The van der Waals surface area contributed by atoms with Crippen molar-refractivity contribution in [1.29, 1.82) is 0 Å². The summed E-state index contributed by atoms with van der Waals surface area (Å²) in [6, 6.07) is 19.8. The van der Waals surface area contributed by atoms with Crippen molar-refractivity contribution in [2.75, 3.05) is 18.4 Å². The Morgan fingerprint density at radius 3 is 2.58 bits per heavy atom. The number of benzene rings is 3. The van der Waals surface area contributed by atoms with Crippen molar-refractivity contribution in [3.63, 3.8) is 0 Å². The number of nitrogens with zero attached hydrogens (tertiary/aromatic N) is 4. The number of likely N-dealkylation sites (tertiary alicyclic amines) is 1. The van der Waals surface area contributed by atoms with E-state index in [2.05, 4.69) is 26.3 Å². The van der Waals surface area contributed by atoms with Gasteiger partial charge in [-0.25, -0.2) is 14.2 Å². The zero-order valence-electron chi connectivity index (χ0n) is 24.5. The number of amides is 1. The Labute approximate surface area is 254 Å². The van der Waals surface area contributed by atoms with E-state index in [0.717, 1.165) is 69.6 Å². The molecule has 2 atom stereocenters. The predicted octanol–water partition coefficient (Wildman–Crippen LogP) is 7.98. The second-order valence-corrected chi connectivity index (χ2v) is 13.4. The van der Waals surface area contributed by atoms with Crippen LogP contribution in [0.5, 0.6) is 0 Å². The van der Waals surface area contributed by atoms with Gasteiger partial charge in [0.05, 0.1) is 21.2 Å². The number of nitrogens with one attached hydrogen (secondary N) is 1. The summed E-state index contributed by atoms with van der Waals surface area (Å²) in [6.07, 6.45) is 3.49. The van der Waals surface area contributed by atoms with Crippen LogP contribution in [0.15, 0.2) is 72.4 Å². The largest absolute Gasteiger partial charge is 0.444 e. The van der Waals surface area contributed by atoms with Crippen LogP contribution in [0.2, 0.25) is 0 Å². The van der Waals surface area contributed by atoms with E-state index in [9.17, 15) is 4.79 Å². The zero-order valence-corrected chi connectivity index (χ0v) is 25.3. The summed E-state index contributed by atoms with van der Waals surface area (Å²) in [6.45, 7) is 7.88. The molecule has 7 rings (SSSR count). The monoisotopic (exact) mass is 595 g/mol. The van der Waals surface area contributed by atoms with E-state index in [1.165, 1.54) is 0 Å². The number of halogens is 1. The molecular formula is C34H34FN5O2S. The van der Waals surface area contributed by atoms with Crippen LogP contribution in [0.4, 0.5) is 20.6 Å². The average Bonchev–Trinajstić information content (AvgIpc) is 3.53. The summed E-state index contributed by atoms with van der Waals surface area (Å²) in [5, 5.41) is 4.45. The summed E-state index contributed by atoms with van der Waals surface area (Å²) in [4.78, 5) is 26.1. The van der Waals surface area contributed by atoms with E-state index in [4.69, 9.17) is 4.74 Å². The summed E-state index contributed by atoms with van der Waals surface area (Å²) < 4.78 is 22.3. The first kappa shape index (κ1) is 27.7. The van der Waals surface area contributed by atoms with Gasteiger partial charge in [0.15, 0.2) is 0 Å². The fraction of sp³-hybridized carbons (Fsp3) is 0.324. The fourth-order valence-electron chi connectivity index (χ4n) is 6.40. The third-order valence-corrected chi connectivity index (χ3v) is 9.07. The quantitative estimate of drug-likeness (QED) is 0.222. The number of carbonyl (C=O) groups is 1. The predicted molar refractivity (Wildman–Crippen MR) is 170 cm³/mol. The Hall–Kier alpha value is -4.08. The van der Waals surface area contributed by atoms with Gasteiger partial charge in [-0.2, -0.15) is 0 Å². The molecule has 0 aliphatic carbocycles. The van der Waals surface area contributed by atoms with Gasteiger partial charge in [0.25, 0.3) is 0 Å². The van der Waals surface area contributed by atoms with Gasteiger partial charge >= 0.3 is 6.09 Å². The van der Waals surface area contributed by atoms with Crippen molar-refractivity contribution < 1.29 is 13.9 Å². The van der Waals surface area contributed by atoms with Crippen molar-refractivity contribution in [1.82, 2.24) is 19.8 Å². The maximum Gasteiger partial charge on any atom is 0.410 e. The third-order valence-electron chi connectivity index (χ3n) is 8.26. The molecule has 1 N–H and O–H groups in total. The number of hydrogen-bond acceptors (Lipinski definition) is 7. The first-order valence-electron chi connectivity index (χ1n) is 14.7. The van der Waals surface area contributed by atoms with Crippen molar-refractivity contribution in [2.45, 2.75) is 57.8 Å². The van der Waals surface area contributed by atoms with Crippen LogP contribution in [0, 0.1) is 5.82 Å². The van der Waals surface area contributed by atoms with Crippen LogP contribution >= 0.6 is 11.3 Å². The molecule has 9 heteroatoms. The van der Waals surface area contributed by atoms with Gasteiger partial charge in [0, 0.05) is 60.2 Å². The maximum absolute atomic E-state index is 15.5. The minimum absolute atomic E-state index is 0.136. The minimum atomic E-state index is -0.509. The highest BCUT2D eigenvalue weighted by molar-refractivity contribution is 7.16. The molecule has 2 saturated heterocycles. The first-order chi connectivity index (χ1) is 20.7. The molecule has 0 unspecified atom stereocenters. The summed E-state index contributed by atoms with van der Waals surface area (Å²) in [7, 11) is 0. The van der Waals surface area contributed by atoms with Gasteiger partial charge < -0.3 is 10.1 Å². The van der Waals surface area contributed by atoms with Crippen LogP contribution in [0.25, 0.3) is 32.2 Å². The van der Waals surface area contributed by atoms with Crippen LogP contribution in [-0.4, -0.2) is 56.6 Å². The number of pyridine rings is 1. The molecule has 2 bridgehead atoms. The Balaban J connectivity index is 1.06. The number of ether oxygens (including phenoxy) is 1. The van der Waals surface area contributed by atoms with Gasteiger partial charge in [-0.05, 0) is 81.1 Å². The molecule has 2 fully saturated rings. The van der Waals surface area contributed by atoms with E-state index in [0.29, 0.717) is 12.1 Å². The second-order valence-electron chi connectivity index (χ2n) is 12.5. The molecule has 2 aromatic heterocycles. The van der Waals surface area contributed by atoms with Gasteiger partial charge in [-0.15, -0.1) is 11.3 Å². The highest BCUT2D eigenvalue weighted by Crippen LogP contribution is 2.34. The molecule has 0 saturated carbocycles. The topological polar surface area (TPSA) is 70.6 Å². The molecule has 2 aliphatic heterocycles. The Kier molecular flexibility index (Phi) is 7.02. The molecule has 43 heavy (non-hydrogen) atoms. The molecule has 7 nitrogen and oxygen atoms in total. The van der Waals surface area contributed by atoms with Gasteiger partial charge in [0.1, 0.15) is 11.4 Å². The maximum atomic E-state index is 15.5. The molecule has 0 radical (unpaired) electrons. The minimum Gasteiger partial charge on any atom is -0.444 e. The van der Waals surface area contributed by atoms with Gasteiger partial charge in [-0.1, -0.05) is 24.3 Å². The van der Waals surface area contributed by atoms with Crippen molar-refractivity contribution in [3.8, 4) is 11.1 Å². The van der Waals surface area contributed by atoms with E-state index in [1.54, 1.807) is 23.6 Å². The Bertz CT molecular complexity index is 1820. The molecule has 3 aromatic carbocycles. The number of fused-ring (bicyclic) bond motifs is 4. The number of hydrogen-bond donors (Lipinski definition) is 1. The lowest BCUT2D eigenvalue weighted by Gasteiger charge is -2.41. The molecule has 1 amide bonds. The van der Waals surface area contributed by atoms with Crippen molar-refractivity contribution in [3.05, 3.63) is 83.8 Å². The highest BCUT2D eigenvalue weighted by Gasteiger charge is 2.44. The number of thiazole rings is 1. The average molecular weight is 596 g/mol. The zero-order chi connectivity index (χ0) is 29.7. The van der Waals surface area contributed by atoms with Crippen LogP contribution in [0.3, 0.4) is 0 Å². The smallest absolute Gasteiger partial charge is 0.410 e. The number of anilines is 2. The van der Waals surface area contributed by atoms with E-state index in [1.807, 2.05) is 79.7 Å². The lowest BCUT2D eigenvalue weighted by molar-refractivity contribution is -0.00542. The van der Waals surface area contributed by atoms with E-state index >= 15 is 4.39 Å². The molecule has 0 spiro atoms. The second kappa shape index (κ2) is 10.9. The van der Waals surface area contributed by atoms with Gasteiger partial charge in [0.2, 0.25) is 0 Å². The summed E-state index contributed by atoms with van der Waals surface area (Å²) >= 11 is 1.62. The van der Waals surface area contributed by atoms with Crippen LogP contribution < -0.4 is 5.32 Å². The number of rotatable bonds is 5. The Morgan fingerprint density at radius 2 is 1.81 bits per heavy atom. The molecular weight excluding hydrogens is 561 g/mol. The molecule has 4 heterocycles. The highest BCUT2D eigenvalue weighted by atomic mass is 32.1. The van der Waals surface area contributed by atoms with E-state index < -0.39 is 5.60 Å². The van der Waals surface area contributed by atoms with Crippen molar-refractivity contribution >= 4 is 49.9 Å². The first-order valence-corrected chi connectivity index (χ1v) is 15.6. The fourth-order valence-corrected chi connectivity index (χ4v) is 7.06. The van der Waals surface area contributed by atoms with Crippen LogP contribution in [-0.2, 0) is 11.3 Å². The number of piperazine rings is 1. The Morgan fingerprint density at radius 1 is 1.00 bits per heavy atom. The lowest BCUT2D eigenvalue weighted by atomic mass is 10.0. The molecule has 220 valence electrons. The number of carbonyl (C=O) groups excluding carboxylic acids is 1. The lowest BCUT2D eigenvalue weighted by Crippen LogP contribution is -2.56. The number of aromatic nitrogens is 2. The standard InChI is InChI=1S/C34H34FN5O2S/c1-34(2,3)42-33(41)40-24-7-8-25(40)19-39(18-24)17-21-4-9-26(28(35)14-21)22-5-10-27-29(12-13-36-30(27)15-22)38-23-6-11-32-31(16-23)37-20-43-32/h4-6,9-16,20,24-25H,7-8,17-19H2,1-3H3,(H,36,38)/t24-,25+. The normalized spacial score (nSPS) is 18.8. The van der Waals surface area contributed by atoms with Crippen LogP contribution in [0.1, 0.15) is 39.2 Å². The van der Waals surface area contributed by atoms with Crippen molar-refractivity contribution in [2.24, 2.45) is 0 Å². The molecule has 5 aromatic rings. The van der Waals surface area contributed by atoms with E-state index in [-0.39, 0.29) is 24.0 Å². The SMILES string of the molecule is CC(C)(C)OC(=O)N1[C@@H]2CC[C@H]1CN(Cc1ccc(-c3ccc4c(Nc5ccc6scnc6c5)ccnc4c3)c(F)c1)C2. The summed E-state index contributed by atoms with van der Waals surface area (Å²) in [5.74, 6) is -0.252. The summed E-state index contributed by atoms with van der Waals surface area (Å²) in [5.41, 5.74) is 7.24. The molecule has 2 aliphatic rings. The van der Waals surface area contributed by atoms with Gasteiger partial charge in [-0.3, -0.25) is 14.8 Å².